The van der Waals surface area contributed by atoms with E-state index in [1.807, 2.05) is 47.4 Å². The average molecular weight is 393 g/mol. The molecule has 1 amide bonds. The van der Waals surface area contributed by atoms with Crippen LogP contribution in [0.3, 0.4) is 0 Å². The number of fused-ring (bicyclic) bond motifs is 1. The summed E-state index contributed by atoms with van der Waals surface area (Å²) in [5.41, 5.74) is 4.62. The number of nitrogens with one attached hydrogen (secondary N) is 1. The van der Waals surface area contributed by atoms with E-state index in [2.05, 4.69) is 10.2 Å². The second-order valence-corrected chi connectivity index (χ2v) is 6.87. The minimum Gasteiger partial charge on any atom is -0.497 e. The van der Waals surface area contributed by atoms with Crippen LogP contribution in [0.15, 0.2) is 42.5 Å². The molecule has 0 saturated carbocycles. The molecule has 0 bridgehead atoms. The number of methoxy groups -OCH3 is 3. The van der Waals surface area contributed by atoms with Gasteiger partial charge in [0.05, 0.1) is 46.5 Å². The third-order valence-electron chi connectivity index (χ3n) is 5.18. The summed E-state index contributed by atoms with van der Waals surface area (Å²) in [5.74, 6) is 2.25. The highest BCUT2D eigenvalue weighted by molar-refractivity contribution is 5.80. The lowest BCUT2D eigenvalue weighted by Gasteiger charge is -2.16. The van der Waals surface area contributed by atoms with Gasteiger partial charge in [0.1, 0.15) is 22.9 Å². The van der Waals surface area contributed by atoms with Crippen LogP contribution in [-0.4, -0.2) is 42.3 Å². The quantitative estimate of drug-likeness (QED) is 0.696. The molecule has 1 aromatic heterocycles. The molecule has 0 radical (unpaired) electrons. The Morgan fingerprint density at radius 2 is 1.72 bits per heavy atom. The Morgan fingerprint density at radius 3 is 2.41 bits per heavy atom. The van der Waals surface area contributed by atoms with Crippen molar-refractivity contribution in [1.29, 1.82) is 0 Å². The topological polar surface area (TPSA) is 76.7 Å². The molecule has 0 saturated heterocycles. The molecule has 2 aromatic carbocycles. The maximum atomic E-state index is 12.8. The van der Waals surface area contributed by atoms with E-state index in [0.717, 1.165) is 33.8 Å². The number of benzene rings is 2. The van der Waals surface area contributed by atoms with Crippen molar-refractivity contribution < 1.29 is 19.0 Å². The number of nitrogens with zero attached hydrogens (tertiary/aromatic N) is 2. The van der Waals surface area contributed by atoms with Crippen LogP contribution < -0.4 is 14.2 Å². The summed E-state index contributed by atoms with van der Waals surface area (Å²) < 4.78 is 16.0. The number of ether oxygens (including phenoxy) is 3. The van der Waals surface area contributed by atoms with Crippen LogP contribution in [0.1, 0.15) is 16.8 Å². The highest BCUT2D eigenvalue weighted by atomic mass is 16.5. The molecule has 0 aliphatic carbocycles. The number of carbonyl (C=O) groups excluding carboxylic acids is 1. The lowest BCUT2D eigenvalue weighted by atomic mass is 10.1. The predicted octanol–water partition coefficient (Wildman–Crippen LogP) is 3.19. The molecule has 0 atom stereocenters. The predicted molar refractivity (Wildman–Crippen MR) is 108 cm³/mol. The standard InChI is InChI=1S/C22H23N3O4/c1-27-15-6-4-14(5-7-15)10-21(26)25-12-18-19(13-25)23-24-22(18)17-9-8-16(28-2)11-20(17)29-3/h4-9,11H,10,12-13H2,1-3H3,(H,23,24). The van der Waals surface area contributed by atoms with Gasteiger partial charge < -0.3 is 19.1 Å². The SMILES string of the molecule is COc1ccc(CC(=O)N2Cc3[nH]nc(-c4ccc(OC)cc4OC)c3C2)cc1. The Bertz CT molecular complexity index is 1030. The summed E-state index contributed by atoms with van der Waals surface area (Å²) >= 11 is 0. The minimum absolute atomic E-state index is 0.0763. The molecule has 2 heterocycles. The van der Waals surface area contributed by atoms with Crippen LogP contribution in [0.2, 0.25) is 0 Å². The number of carbonyl (C=O) groups is 1. The zero-order valence-corrected chi connectivity index (χ0v) is 16.7. The van der Waals surface area contributed by atoms with E-state index in [-0.39, 0.29) is 5.91 Å². The fraction of sp³-hybridized carbons (Fsp3) is 0.273. The first kappa shape index (κ1) is 18.9. The van der Waals surface area contributed by atoms with E-state index >= 15 is 0 Å². The van der Waals surface area contributed by atoms with Gasteiger partial charge in [-0.25, -0.2) is 0 Å². The summed E-state index contributed by atoms with van der Waals surface area (Å²) in [5, 5.41) is 7.55. The maximum Gasteiger partial charge on any atom is 0.227 e. The van der Waals surface area contributed by atoms with Gasteiger partial charge in [-0.15, -0.1) is 0 Å². The average Bonchev–Trinajstić information content (AvgIpc) is 3.35. The monoisotopic (exact) mass is 393 g/mol. The zero-order chi connectivity index (χ0) is 20.4. The maximum absolute atomic E-state index is 12.8. The molecule has 7 nitrogen and oxygen atoms in total. The van der Waals surface area contributed by atoms with Gasteiger partial charge in [0.15, 0.2) is 0 Å². The van der Waals surface area contributed by atoms with Crippen molar-refractivity contribution in [2.24, 2.45) is 0 Å². The Labute approximate surface area is 169 Å². The van der Waals surface area contributed by atoms with Crippen LogP contribution >= 0.6 is 0 Å². The first-order valence-corrected chi connectivity index (χ1v) is 9.32. The van der Waals surface area contributed by atoms with Crippen molar-refractivity contribution in [2.45, 2.75) is 19.5 Å². The van der Waals surface area contributed by atoms with Crippen LogP contribution in [0.5, 0.6) is 17.2 Å². The third-order valence-corrected chi connectivity index (χ3v) is 5.18. The Balaban J connectivity index is 1.52. The Hall–Kier alpha value is -3.48. The molecule has 3 aromatic rings. The molecule has 7 heteroatoms. The van der Waals surface area contributed by atoms with Crippen LogP contribution in [0.4, 0.5) is 0 Å². The number of amides is 1. The molecule has 29 heavy (non-hydrogen) atoms. The second kappa shape index (κ2) is 7.87. The molecular formula is C22H23N3O4. The fourth-order valence-corrected chi connectivity index (χ4v) is 3.56. The van der Waals surface area contributed by atoms with Gasteiger partial charge in [-0.2, -0.15) is 5.10 Å². The van der Waals surface area contributed by atoms with Gasteiger partial charge in [-0.05, 0) is 29.8 Å². The van der Waals surface area contributed by atoms with Gasteiger partial charge >= 0.3 is 0 Å². The number of rotatable bonds is 6. The van der Waals surface area contributed by atoms with E-state index in [1.54, 1.807) is 21.3 Å². The minimum atomic E-state index is 0.0763. The smallest absolute Gasteiger partial charge is 0.227 e. The molecule has 0 unspecified atom stereocenters. The lowest BCUT2D eigenvalue weighted by molar-refractivity contribution is -0.131. The Morgan fingerprint density at radius 1 is 1.00 bits per heavy atom. The molecule has 4 rings (SSSR count). The van der Waals surface area contributed by atoms with Crippen molar-refractivity contribution in [2.75, 3.05) is 21.3 Å². The normalized spacial score (nSPS) is 12.6. The van der Waals surface area contributed by atoms with E-state index in [9.17, 15) is 4.79 Å². The second-order valence-electron chi connectivity index (χ2n) is 6.87. The van der Waals surface area contributed by atoms with Gasteiger partial charge in [-0.3, -0.25) is 9.89 Å². The highest BCUT2D eigenvalue weighted by Gasteiger charge is 2.29. The molecule has 1 aliphatic rings. The fourth-order valence-electron chi connectivity index (χ4n) is 3.56. The van der Waals surface area contributed by atoms with Crippen molar-refractivity contribution in [3.63, 3.8) is 0 Å². The van der Waals surface area contributed by atoms with Gasteiger partial charge in [0.2, 0.25) is 5.91 Å². The molecule has 0 fully saturated rings. The van der Waals surface area contributed by atoms with E-state index < -0.39 is 0 Å². The van der Waals surface area contributed by atoms with E-state index in [0.29, 0.717) is 31.0 Å². The van der Waals surface area contributed by atoms with Gasteiger partial charge in [0.25, 0.3) is 0 Å². The number of aromatic amines is 1. The zero-order valence-electron chi connectivity index (χ0n) is 16.7. The summed E-state index contributed by atoms with van der Waals surface area (Å²) in [6.45, 7) is 1.04. The molecular weight excluding hydrogens is 370 g/mol. The summed E-state index contributed by atoms with van der Waals surface area (Å²) in [7, 11) is 4.87. The summed E-state index contributed by atoms with van der Waals surface area (Å²) in [6, 6.07) is 13.2. The molecule has 0 spiro atoms. The summed E-state index contributed by atoms with van der Waals surface area (Å²) in [6.07, 6.45) is 0.350. The molecule has 1 N–H and O–H groups in total. The molecule has 1 aliphatic heterocycles. The first-order chi connectivity index (χ1) is 14.1. The molecule has 150 valence electrons. The first-order valence-electron chi connectivity index (χ1n) is 9.32. The van der Waals surface area contributed by atoms with Gasteiger partial charge in [-0.1, -0.05) is 12.1 Å². The number of hydrogen-bond acceptors (Lipinski definition) is 5. The van der Waals surface area contributed by atoms with Crippen molar-refractivity contribution in [1.82, 2.24) is 15.1 Å². The van der Waals surface area contributed by atoms with Crippen LogP contribution in [-0.2, 0) is 24.3 Å². The highest BCUT2D eigenvalue weighted by Crippen LogP contribution is 2.37. The van der Waals surface area contributed by atoms with Gasteiger partial charge in [0, 0.05) is 17.2 Å². The van der Waals surface area contributed by atoms with Crippen molar-refractivity contribution in [3.05, 3.63) is 59.3 Å². The third kappa shape index (κ3) is 3.63. The number of hydrogen-bond donors (Lipinski definition) is 1. The van der Waals surface area contributed by atoms with Crippen LogP contribution in [0, 0.1) is 0 Å². The Kier molecular flexibility index (Phi) is 5.12. The van der Waals surface area contributed by atoms with Crippen molar-refractivity contribution >= 4 is 5.91 Å². The van der Waals surface area contributed by atoms with E-state index in [1.165, 1.54) is 0 Å². The van der Waals surface area contributed by atoms with E-state index in [4.69, 9.17) is 14.2 Å². The number of H-pyrrole nitrogens is 1. The largest absolute Gasteiger partial charge is 0.497 e. The lowest BCUT2D eigenvalue weighted by Crippen LogP contribution is -2.27. The van der Waals surface area contributed by atoms with Crippen LogP contribution in [0.25, 0.3) is 11.3 Å². The van der Waals surface area contributed by atoms with Crippen molar-refractivity contribution in [3.8, 4) is 28.5 Å². The summed E-state index contributed by atoms with van der Waals surface area (Å²) in [4.78, 5) is 14.6. The number of aromatic nitrogens is 2.